The number of hydrogen-bond acceptors (Lipinski definition) is 2. The summed E-state index contributed by atoms with van der Waals surface area (Å²) in [5.74, 6) is 0.620. The molecule has 1 aromatic rings. The molecule has 1 amide bonds. The van der Waals surface area contributed by atoms with E-state index in [1.54, 1.807) is 6.07 Å². The van der Waals surface area contributed by atoms with E-state index in [2.05, 4.69) is 5.32 Å². The Morgan fingerprint density at radius 2 is 2.33 bits per heavy atom. The largest absolute Gasteiger partial charge is 0.472 e. The summed E-state index contributed by atoms with van der Waals surface area (Å²) < 4.78 is 5.24. The number of rotatable bonds is 0. The van der Waals surface area contributed by atoms with Crippen LogP contribution in [0.2, 0.25) is 0 Å². The average Bonchev–Trinajstić information content (AvgIpc) is 2.04. The summed E-state index contributed by atoms with van der Waals surface area (Å²) in [6.07, 6.45) is 0. The minimum absolute atomic E-state index is 0.0590. The third-order valence-electron chi connectivity index (χ3n) is 1.84. The average molecular weight is 163 g/mol. The zero-order valence-corrected chi connectivity index (χ0v) is 6.76. The van der Waals surface area contributed by atoms with Crippen molar-refractivity contribution >= 4 is 5.91 Å². The molecule has 1 N–H and O–H groups in total. The van der Waals surface area contributed by atoms with Gasteiger partial charge in [0.25, 0.3) is 5.91 Å². The van der Waals surface area contributed by atoms with Gasteiger partial charge in [0.05, 0.1) is 5.56 Å². The summed E-state index contributed by atoms with van der Waals surface area (Å²) in [5, 5.41) is 2.60. The van der Waals surface area contributed by atoms with Gasteiger partial charge in [0, 0.05) is 0 Å². The maximum atomic E-state index is 11.2. The van der Waals surface area contributed by atoms with Crippen LogP contribution >= 0.6 is 0 Å². The van der Waals surface area contributed by atoms with Gasteiger partial charge in [-0.1, -0.05) is 6.07 Å². The minimum atomic E-state index is -0.0590. The van der Waals surface area contributed by atoms with Crippen molar-refractivity contribution in [3.05, 3.63) is 29.3 Å². The monoisotopic (exact) mass is 163 g/mol. The molecule has 0 bridgehead atoms. The summed E-state index contributed by atoms with van der Waals surface area (Å²) in [6, 6.07) is 5.54. The van der Waals surface area contributed by atoms with E-state index in [1.807, 2.05) is 19.1 Å². The highest BCUT2D eigenvalue weighted by Crippen LogP contribution is 2.21. The lowest BCUT2D eigenvalue weighted by Crippen LogP contribution is -2.32. The van der Waals surface area contributed by atoms with Gasteiger partial charge in [-0.05, 0) is 24.6 Å². The number of carbonyl (C=O) groups excluding carboxylic acids is 1. The summed E-state index contributed by atoms with van der Waals surface area (Å²) in [4.78, 5) is 11.2. The van der Waals surface area contributed by atoms with Crippen molar-refractivity contribution < 1.29 is 9.53 Å². The molecule has 3 nitrogen and oxygen atoms in total. The zero-order valence-electron chi connectivity index (χ0n) is 6.76. The lowest BCUT2D eigenvalue weighted by Gasteiger charge is -2.17. The fraction of sp³-hybridized carbons (Fsp3) is 0.222. The highest BCUT2D eigenvalue weighted by molar-refractivity contribution is 5.97. The molecule has 62 valence electrons. The molecule has 0 saturated carbocycles. The Morgan fingerprint density at radius 1 is 1.50 bits per heavy atom. The summed E-state index contributed by atoms with van der Waals surface area (Å²) in [6.45, 7) is 2.24. The van der Waals surface area contributed by atoms with Crippen LogP contribution in [0.4, 0.5) is 0 Å². The van der Waals surface area contributed by atoms with Gasteiger partial charge in [0.1, 0.15) is 5.75 Å². The molecule has 0 aliphatic carbocycles. The number of amides is 1. The second-order valence-electron chi connectivity index (χ2n) is 2.79. The SMILES string of the molecule is Cc1ccc2c(c1)OCNC2=O. The molecular formula is C9H9NO2. The van der Waals surface area contributed by atoms with Crippen molar-refractivity contribution in [3.8, 4) is 5.75 Å². The van der Waals surface area contributed by atoms with E-state index in [4.69, 9.17) is 4.74 Å². The summed E-state index contributed by atoms with van der Waals surface area (Å²) in [7, 11) is 0. The lowest BCUT2D eigenvalue weighted by atomic mass is 10.1. The van der Waals surface area contributed by atoms with Crippen LogP contribution in [0.3, 0.4) is 0 Å². The van der Waals surface area contributed by atoms with Gasteiger partial charge in [-0.25, -0.2) is 0 Å². The lowest BCUT2D eigenvalue weighted by molar-refractivity contribution is 0.0883. The topological polar surface area (TPSA) is 38.3 Å². The molecule has 0 fully saturated rings. The molecule has 2 rings (SSSR count). The Balaban J connectivity index is 2.53. The second-order valence-corrected chi connectivity index (χ2v) is 2.79. The molecule has 0 aromatic heterocycles. The van der Waals surface area contributed by atoms with Crippen LogP contribution in [0.25, 0.3) is 0 Å². The molecule has 12 heavy (non-hydrogen) atoms. The van der Waals surface area contributed by atoms with Crippen molar-refractivity contribution in [1.29, 1.82) is 0 Å². The van der Waals surface area contributed by atoms with Crippen molar-refractivity contribution in [2.75, 3.05) is 6.73 Å². The molecule has 3 heteroatoms. The van der Waals surface area contributed by atoms with Crippen LogP contribution in [0.15, 0.2) is 18.2 Å². The van der Waals surface area contributed by atoms with Crippen molar-refractivity contribution in [2.24, 2.45) is 0 Å². The van der Waals surface area contributed by atoms with Crippen molar-refractivity contribution in [2.45, 2.75) is 6.92 Å². The predicted octanol–water partition coefficient (Wildman–Crippen LogP) is 1.07. The van der Waals surface area contributed by atoms with E-state index >= 15 is 0 Å². The Hall–Kier alpha value is -1.51. The molecule has 0 saturated heterocycles. The van der Waals surface area contributed by atoms with E-state index < -0.39 is 0 Å². The second kappa shape index (κ2) is 2.52. The van der Waals surface area contributed by atoms with Crippen LogP contribution in [0.5, 0.6) is 5.75 Å². The molecule has 0 radical (unpaired) electrons. The van der Waals surface area contributed by atoms with Gasteiger partial charge in [-0.3, -0.25) is 4.79 Å². The number of benzene rings is 1. The highest BCUT2D eigenvalue weighted by atomic mass is 16.5. The van der Waals surface area contributed by atoms with E-state index in [1.165, 1.54) is 0 Å². The molecule has 1 aromatic carbocycles. The Kier molecular flexibility index (Phi) is 1.50. The Morgan fingerprint density at radius 3 is 3.17 bits per heavy atom. The number of hydrogen-bond donors (Lipinski definition) is 1. The van der Waals surface area contributed by atoms with Gasteiger partial charge in [0.2, 0.25) is 0 Å². The van der Waals surface area contributed by atoms with Gasteiger partial charge in [-0.2, -0.15) is 0 Å². The van der Waals surface area contributed by atoms with Crippen molar-refractivity contribution in [1.82, 2.24) is 5.32 Å². The predicted molar refractivity (Wildman–Crippen MR) is 44.1 cm³/mol. The first-order valence-electron chi connectivity index (χ1n) is 3.79. The molecule has 1 heterocycles. The Bertz CT molecular complexity index is 333. The molecule has 0 unspecified atom stereocenters. The smallest absolute Gasteiger partial charge is 0.257 e. The zero-order chi connectivity index (χ0) is 8.55. The molecule has 0 spiro atoms. The first kappa shape index (κ1) is 7.16. The summed E-state index contributed by atoms with van der Waals surface area (Å²) in [5.41, 5.74) is 1.72. The fourth-order valence-corrected chi connectivity index (χ4v) is 1.21. The van der Waals surface area contributed by atoms with Crippen molar-refractivity contribution in [3.63, 3.8) is 0 Å². The highest BCUT2D eigenvalue weighted by Gasteiger charge is 2.16. The maximum absolute atomic E-state index is 11.2. The van der Waals surface area contributed by atoms with Crippen LogP contribution in [-0.2, 0) is 0 Å². The Labute approximate surface area is 70.3 Å². The maximum Gasteiger partial charge on any atom is 0.257 e. The van der Waals surface area contributed by atoms with Crippen LogP contribution < -0.4 is 10.1 Å². The molecule has 1 aliphatic rings. The van der Waals surface area contributed by atoms with Gasteiger partial charge >= 0.3 is 0 Å². The van der Waals surface area contributed by atoms with Gasteiger partial charge < -0.3 is 10.1 Å². The molecular weight excluding hydrogens is 154 g/mol. The van der Waals surface area contributed by atoms with Crippen LogP contribution in [-0.4, -0.2) is 12.6 Å². The first-order chi connectivity index (χ1) is 5.77. The molecule has 1 aliphatic heterocycles. The molecule has 0 atom stereocenters. The van der Waals surface area contributed by atoms with E-state index in [0.717, 1.165) is 5.56 Å². The standard InChI is InChI=1S/C9H9NO2/c1-6-2-3-7-8(4-6)12-5-10-9(7)11/h2-4H,5H2,1H3,(H,10,11). The number of aryl methyl sites for hydroxylation is 1. The van der Waals surface area contributed by atoms with Gasteiger partial charge in [-0.15, -0.1) is 0 Å². The van der Waals surface area contributed by atoms with Crippen LogP contribution in [0, 0.1) is 6.92 Å². The number of fused-ring (bicyclic) bond motifs is 1. The number of carbonyl (C=O) groups is 1. The third-order valence-corrected chi connectivity index (χ3v) is 1.84. The third kappa shape index (κ3) is 1.03. The van der Waals surface area contributed by atoms with Gasteiger partial charge in [0.15, 0.2) is 6.73 Å². The van der Waals surface area contributed by atoms with Crippen LogP contribution in [0.1, 0.15) is 15.9 Å². The minimum Gasteiger partial charge on any atom is -0.472 e. The van der Waals surface area contributed by atoms with E-state index in [-0.39, 0.29) is 12.6 Å². The number of nitrogens with one attached hydrogen (secondary N) is 1. The fourth-order valence-electron chi connectivity index (χ4n) is 1.21. The first-order valence-corrected chi connectivity index (χ1v) is 3.79. The summed E-state index contributed by atoms with van der Waals surface area (Å²) >= 11 is 0. The number of ether oxygens (including phenoxy) is 1. The normalized spacial score (nSPS) is 14.6. The van der Waals surface area contributed by atoms with E-state index in [0.29, 0.717) is 11.3 Å². The van der Waals surface area contributed by atoms with E-state index in [9.17, 15) is 4.79 Å². The quantitative estimate of drug-likeness (QED) is 0.621.